The number of rotatable bonds is 3. The highest BCUT2D eigenvalue weighted by molar-refractivity contribution is 4.67. The van der Waals surface area contributed by atoms with Crippen molar-refractivity contribution in [2.24, 2.45) is 5.41 Å². The van der Waals surface area contributed by atoms with Crippen LogP contribution in [0, 0.1) is 5.41 Å². The SMILES string of the molecule is CNCC(C)(C)C[O]. The predicted octanol–water partition coefficient (Wildman–Crippen LogP) is 0.662. The molecule has 0 saturated heterocycles. The van der Waals surface area contributed by atoms with Crippen LogP contribution in [0.4, 0.5) is 0 Å². The number of nitrogens with one attached hydrogen (secondary N) is 1. The molecular formula is C6H14NO. The summed E-state index contributed by atoms with van der Waals surface area (Å²) < 4.78 is 0. The summed E-state index contributed by atoms with van der Waals surface area (Å²) in [6.07, 6.45) is 0. The highest BCUT2D eigenvalue weighted by atomic mass is 16.3. The summed E-state index contributed by atoms with van der Waals surface area (Å²) in [4.78, 5) is 0. The maximum absolute atomic E-state index is 10.3. The molecule has 1 N–H and O–H groups in total. The van der Waals surface area contributed by atoms with Crippen molar-refractivity contribution in [3.05, 3.63) is 0 Å². The van der Waals surface area contributed by atoms with Gasteiger partial charge in [-0.05, 0) is 7.05 Å². The van der Waals surface area contributed by atoms with E-state index in [1.165, 1.54) is 0 Å². The van der Waals surface area contributed by atoms with E-state index >= 15 is 0 Å². The Balaban J connectivity index is 3.37. The van der Waals surface area contributed by atoms with Crippen LogP contribution in [-0.4, -0.2) is 20.2 Å². The molecule has 0 aliphatic rings. The number of hydrogen-bond acceptors (Lipinski definition) is 1. The van der Waals surface area contributed by atoms with E-state index < -0.39 is 0 Å². The largest absolute Gasteiger partial charge is 0.319 e. The maximum Gasteiger partial charge on any atom is 0.0885 e. The average molecular weight is 116 g/mol. The van der Waals surface area contributed by atoms with Gasteiger partial charge in [-0.25, -0.2) is 5.11 Å². The van der Waals surface area contributed by atoms with E-state index in [1.54, 1.807) is 0 Å². The first-order chi connectivity index (χ1) is 3.62. The van der Waals surface area contributed by atoms with Gasteiger partial charge < -0.3 is 5.32 Å². The molecule has 49 valence electrons. The lowest BCUT2D eigenvalue weighted by Gasteiger charge is -2.18. The van der Waals surface area contributed by atoms with Gasteiger partial charge in [0.2, 0.25) is 0 Å². The summed E-state index contributed by atoms with van der Waals surface area (Å²) in [6.45, 7) is 4.71. The Morgan fingerprint density at radius 1 is 1.50 bits per heavy atom. The Morgan fingerprint density at radius 2 is 2.00 bits per heavy atom. The van der Waals surface area contributed by atoms with Crippen LogP contribution < -0.4 is 5.32 Å². The zero-order valence-corrected chi connectivity index (χ0v) is 5.82. The number of hydrogen-bond donors (Lipinski definition) is 1. The van der Waals surface area contributed by atoms with Gasteiger partial charge in [-0.2, -0.15) is 0 Å². The first kappa shape index (κ1) is 7.92. The fourth-order valence-electron chi connectivity index (χ4n) is 0.530. The first-order valence-corrected chi connectivity index (χ1v) is 2.85. The van der Waals surface area contributed by atoms with Gasteiger partial charge in [0.25, 0.3) is 0 Å². The van der Waals surface area contributed by atoms with Gasteiger partial charge in [-0.3, -0.25) is 0 Å². The van der Waals surface area contributed by atoms with Crippen LogP contribution in [0.2, 0.25) is 0 Å². The van der Waals surface area contributed by atoms with Gasteiger partial charge in [0.15, 0.2) is 0 Å². The summed E-state index contributed by atoms with van der Waals surface area (Å²) >= 11 is 0. The van der Waals surface area contributed by atoms with Crippen LogP contribution in [0.1, 0.15) is 13.8 Å². The molecule has 0 aromatic heterocycles. The van der Waals surface area contributed by atoms with Gasteiger partial charge in [0.05, 0.1) is 6.61 Å². The van der Waals surface area contributed by atoms with Gasteiger partial charge in [0, 0.05) is 12.0 Å². The molecule has 2 heteroatoms. The summed E-state index contributed by atoms with van der Waals surface area (Å²) in [5.74, 6) is 0. The van der Waals surface area contributed by atoms with Gasteiger partial charge in [-0.15, -0.1) is 0 Å². The van der Waals surface area contributed by atoms with Crippen LogP contribution in [0.25, 0.3) is 0 Å². The fraction of sp³-hybridized carbons (Fsp3) is 1.00. The molecule has 0 unspecified atom stereocenters. The average Bonchev–Trinajstić information content (AvgIpc) is 1.67. The van der Waals surface area contributed by atoms with Gasteiger partial charge in [-0.1, -0.05) is 13.8 Å². The lowest BCUT2D eigenvalue weighted by molar-refractivity contribution is 0.0939. The molecule has 0 fully saturated rings. The third kappa shape index (κ3) is 2.99. The van der Waals surface area contributed by atoms with E-state index in [2.05, 4.69) is 5.32 Å². The Kier molecular flexibility index (Phi) is 3.02. The lowest BCUT2D eigenvalue weighted by Crippen LogP contribution is -2.29. The minimum absolute atomic E-state index is 0.00611. The minimum atomic E-state index is -0.0747. The molecule has 0 amide bonds. The molecule has 0 spiro atoms. The quantitative estimate of drug-likeness (QED) is 0.577. The summed E-state index contributed by atoms with van der Waals surface area (Å²) in [5, 5.41) is 13.3. The normalized spacial score (nSPS) is 12.0. The fourth-order valence-corrected chi connectivity index (χ4v) is 0.530. The maximum atomic E-state index is 10.3. The second kappa shape index (κ2) is 3.05. The van der Waals surface area contributed by atoms with Crippen LogP contribution in [0.5, 0.6) is 0 Å². The molecule has 0 aliphatic carbocycles. The molecule has 1 radical (unpaired) electrons. The van der Waals surface area contributed by atoms with Crippen LogP contribution in [0.15, 0.2) is 0 Å². The van der Waals surface area contributed by atoms with E-state index in [4.69, 9.17) is 0 Å². The third-order valence-corrected chi connectivity index (χ3v) is 1.05. The monoisotopic (exact) mass is 116 g/mol. The second-order valence-corrected chi connectivity index (χ2v) is 2.84. The Bertz CT molecular complexity index is 61.5. The predicted molar refractivity (Wildman–Crippen MR) is 33.3 cm³/mol. The van der Waals surface area contributed by atoms with E-state index in [9.17, 15) is 5.11 Å². The first-order valence-electron chi connectivity index (χ1n) is 2.85. The van der Waals surface area contributed by atoms with Crippen LogP contribution in [0.3, 0.4) is 0 Å². The van der Waals surface area contributed by atoms with Crippen LogP contribution >= 0.6 is 0 Å². The van der Waals surface area contributed by atoms with E-state index in [0.29, 0.717) is 0 Å². The summed E-state index contributed by atoms with van der Waals surface area (Å²) in [6, 6.07) is 0. The van der Waals surface area contributed by atoms with Crippen molar-refractivity contribution in [1.29, 1.82) is 0 Å². The lowest BCUT2D eigenvalue weighted by atomic mass is 9.95. The zero-order chi connectivity index (χ0) is 6.62. The van der Waals surface area contributed by atoms with Crippen molar-refractivity contribution in [2.75, 3.05) is 20.2 Å². The molecule has 0 bridgehead atoms. The van der Waals surface area contributed by atoms with Gasteiger partial charge in [0.1, 0.15) is 0 Å². The molecule has 8 heavy (non-hydrogen) atoms. The summed E-state index contributed by atoms with van der Waals surface area (Å²) in [5.41, 5.74) is -0.0747. The van der Waals surface area contributed by atoms with Crippen LogP contribution in [-0.2, 0) is 5.11 Å². The Labute approximate surface area is 50.9 Å². The topological polar surface area (TPSA) is 31.9 Å². The molecule has 0 atom stereocenters. The molecule has 0 rings (SSSR count). The Morgan fingerprint density at radius 3 is 2.12 bits per heavy atom. The van der Waals surface area contributed by atoms with Crippen molar-refractivity contribution in [3.63, 3.8) is 0 Å². The molecule has 0 aromatic rings. The molecule has 2 nitrogen and oxygen atoms in total. The molecule has 0 heterocycles. The molecule has 0 aromatic carbocycles. The smallest absolute Gasteiger partial charge is 0.0885 e. The van der Waals surface area contributed by atoms with Crippen molar-refractivity contribution in [1.82, 2.24) is 5.32 Å². The van der Waals surface area contributed by atoms with E-state index in [-0.39, 0.29) is 12.0 Å². The Hall–Kier alpha value is -0.0800. The van der Waals surface area contributed by atoms with Crippen molar-refractivity contribution < 1.29 is 5.11 Å². The van der Waals surface area contributed by atoms with E-state index in [1.807, 2.05) is 20.9 Å². The van der Waals surface area contributed by atoms with E-state index in [0.717, 1.165) is 6.54 Å². The third-order valence-electron chi connectivity index (χ3n) is 1.05. The molecule has 0 aliphatic heterocycles. The minimum Gasteiger partial charge on any atom is -0.319 e. The highest BCUT2D eigenvalue weighted by Gasteiger charge is 2.14. The standard InChI is InChI=1S/C6H14NO/c1-6(2,5-8)4-7-3/h7H,4-5H2,1-3H3. The zero-order valence-electron chi connectivity index (χ0n) is 5.82. The van der Waals surface area contributed by atoms with Crippen molar-refractivity contribution in [3.8, 4) is 0 Å². The molecular weight excluding hydrogens is 102 g/mol. The highest BCUT2D eigenvalue weighted by Crippen LogP contribution is 2.10. The second-order valence-electron chi connectivity index (χ2n) is 2.84. The van der Waals surface area contributed by atoms with Crippen molar-refractivity contribution in [2.45, 2.75) is 13.8 Å². The van der Waals surface area contributed by atoms with Gasteiger partial charge >= 0.3 is 0 Å². The molecule has 0 saturated carbocycles. The summed E-state index contributed by atoms with van der Waals surface area (Å²) in [7, 11) is 1.86. The van der Waals surface area contributed by atoms with Crippen molar-refractivity contribution >= 4 is 0 Å².